The molecule has 1 aliphatic rings. The van der Waals surface area contributed by atoms with E-state index in [4.69, 9.17) is 0 Å². The molecule has 1 atom stereocenters. The van der Waals surface area contributed by atoms with Crippen molar-refractivity contribution in [1.82, 2.24) is 5.32 Å². The molecule has 31 heavy (non-hydrogen) atoms. The molecule has 0 aliphatic heterocycles. The third-order valence-corrected chi connectivity index (χ3v) is 7.63. The Morgan fingerprint density at radius 2 is 1.74 bits per heavy atom. The van der Waals surface area contributed by atoms with Crippen LogP contribution in [0.3, 0.4) is 0 Å². The van der Waals surface area contributed by atoms with Gasteiger partial charge in [-0.05, 0) is 67.6 Å². The number of anilines is 1. The SMILES string of the molecule is Cc1ccc(S(=O)(=O)N(C)c2cccc(C(=O)N[C@H]3CCCc4ccccc43)c2)cc1. The number of amides is 1. The van der Waals surface area contributed by atoms with Crippen LogP contribution in [0.5, 0.6) is 0 Å². The molecule has 1 N–H and O–H groups in total. The van der Waals surface area contributed by atoms with Crippen LogP contribution in [-0.4, -0.2) is 21.4 Å². The summed E-state index contributed by atoms with van der Waals surface area (Å²) >= 11 is 0. The van der Waals surface area contributed by atoms with Crippen LogP contribution < -0.4 is 9.62 Å². The summed E-state index contributed by atoms with van der Waals surface area (Å²) in [5.41, 5.74) is 4.31. The second-order valence-corrected chi connectivity index (χ2v) is 9.92. The van der Waals surface area contributed by atoms with Crippen LogP contribution in [0.25, 0.3) is 0 Å². The van der Waals surface area contributed by atoms with Crippen molar-refractivity contribution in [3.05, 3.63) is 95.1 Å². The Morgan fingerprint density at radius 3 is 2.52 bits per heavy atom. The van der Waals surface area contributed by atoms with Crippen LogP contribution in [0.15, 0.2) is 77.7 Å². The van der Waals surface area contributed by atoms with Gasteiger partial charge in [-0.25, -0.2) is 8.42 Å². The molecule has 0 saturated carbocycles. The number of carbonyl (C=O) groups is 1. The molecule has 0 aromatic heterocycles. The van der Waals surface area contributed by atoms with E-state index >= 15 is 0 Å². The maximum Gasteiger partial charge on any atom is 0.264 e. The number of hydrogen-bond acceptors (Lipinski definition) is 3. The van der Waals surface area contributed by atoms with E-state index in [0.717, 1.165) is 30.4 Å². The molecule has 0 saturated heterocycles. The zero-order valence-electron chi connectivity index (χ0n) is 17.7. The van der Waals surface area contributed by atoms with Crippen molar-refractivity contribution in [3.63, 3.8) is 0 Å². The summed E-state index contributed by atoms with van der Waals surface area (Å²) < 4.78 is 27.2. The van der Waals surface area contributed by atoms with Gasteiger partial charge in [0.25, 0.3) is 15.9 Å². The molecule has 0 fully saturated rings. The lowest BCUT2D eigenvalue weighted by atomic mass is 9.87. The number of rotatable bonds is 5. The minimum absolute atomic E-state index is 0.0323. The van der Waals surface area contributed by atoms with E-state index in [2.05, 4.69) is 17.4 Å². The molecule has 3 aromatic carbocycles. The fourth-order valence-corrected chi connectivity index (χ4v) is 5.18. The first-order valence-electron chi connectivity index (χ1n) is 10.4. The minimum Gasteiger partial charge on any atom is -0.345 e. The molecule has 0 bridgehead atoms. The average Bonchev–Trinajstić information content (AvgIpc) is 2.79. The van der Waals surface area contributed by atoms with Crippen LogP contribution >= 0.6 is 0 Å². The molecule has 0 unspecified atom stereocenters. The monoisotopic (exact) mass is 434 g/mol. The van der Waals surface area contributed by atoms with E-state index in [9.17, 15) is 13.2 Å². The van der Waals surface area contributed by atoms with Crippen LogP contribution in [-0.2, 0) is 16.4 Å². The van der Waals surface area contributed by atoms with E-state index in [1.807, 2.05) is 19.1 Å². The Labute approximate surface area is 183 Å². The van der Waals surface area contributed by atoms with Gasteiger partial charge in [-0.2, -0.15) is 0 Å². The maximum absolute atomic E-state index is 13.0. The molecule has 3 aromatic rings. The number of fused-ring (bicyclic) bond motifs is 1. The topological polar surface area (TPSA) is 66.5 Å². The normalized spacial score (nSPS) is 15.7. The number of hydrogen-bond donors (Lipinski definition) is 1. The van der Waals surface area contributed by atoms with E-state index in [0.29, 0.717) is 11.3 Å². The summed E-state index contributed by atoms with van der Waals surface area (Å²) in [5.74, 6) is -0.204. The van der Waals surface area contributed by atoms with Gasteiger partial charge in [0.05, 0.1) is 16.6 Å². The highest BCUT2D eigenvalue weighted by molar-refractivity contribution is 7.92. The van der Waals surface area contributed by atoms with E-state index < -0.39 is 10.0 Å². The van der Waals surface area contributed by atoms with Crippen LogP contribution in [0.1, 0.15) is 45.9 Å². The Balaban J connectivity index is 1.56. The molecular weight excluding hydrogens is 408 g/mol. The number of carbonyl (C=O) groups excluding carboxylic acids is 1. The molecule has 1 amide bonds. The molecule has 4 rings (SSSR count). The first-order valence-corrected chi connectivity index (χ1v) is 11.8. The Morgan fingerprint density at radius 1 is 1.00 bits per heavy atom. The third-order valence-electron chi connectivity index (χ3n) is 5.83. The van der Waals surface area contributed by atoms with Crippen LogP contribution in [0.4, 0.5) is 5.69 Å². The fraction of sp³-hybridized carbons (Fsp3) is 0.240. The summed E-state index contributed by atoms with van der Waals surface area (Å²) in [6.45, 7) is 1.91. The molecular formula is C25H26N2O3S. The highest BCUT2D eigenvalue weighted by atomic mass is 32.2. The molecule has 5 nitrogen and oxygen atoms in total. The smallest absolute Gasteiger partial charge is 0.264 e. The lowest BCUT2D eigenvalue weighted by molar-refractivity contribution is 0.0932. The molecule has 6 heteroatoms. The average molecular weight is 435 g/mol. The van der Waals surface area contributed by atoms with Crippen LogP contribution in [0, 0.1) is 6.92 Å². The number of nitrogens with one attached hydrogen (secondary N) is 1. The van der Waals surface area contributed by atoms with Gasteiger partial charge in [0.2, 0.25) is 0 Å². The first kappa shape index (κ1) is 21.1. The van der Waals surface area contributed by atoms with Gasteiger partial charge >= 0.3 is 0 Å². The fourth-order valence-electron chi connectivity index (χ4n) is 4.00. The van der Waals surface area contributed by atoms with E-state index in [-0.39, 0.29) is 16.8 Å². The highest BCUT2D eigenvalue weighted by Crippen LogP contribution is 2.30. The first-order chi connectivity index (χ1) is 14.9. The van der Waals surface area contributed by atoms with Crippen molar-refractivity contribution >= 4 is 21.6 Å². The molecule has 0 spiro atoms. The summed E-state index contributed by atoms with van der Waals surface area (Å²) in [5, 5.41) is 3.13. The van der Waals surface area contributed by atoms with Crippen LogP contribution in [0.2, 0.25) is 0 Å². The summed E-state index contributed by atoms with van der Waals surface area (Å²) in [7, 11) is -2.21. The maximum atomic E-state index is 13.0. The Bertz CT molecular complexity index is 1200. The number of aryl methyl sites for hydroxylation is 2. The summed E-state index contributed by atoms with van der Waals surface area (Å²) in [4.78, 5) is 13.2. The van der Waals surface area contributed by atoms with Crippen molar-refractivity contribution in [1.29, 1.82) is 0 Å². The molecule has 0 radical (unpaired) electrons. The molecule has 1 aliphatic carbocycles. The highest BCUT2D eigenvalue weighted by Gasteiger charge is 2.24. The van der Waals surface area contributed by atoms with Crippen molar-refractivity contribution in [3.8, 4) is 0 Å². The largest absolute Gasteiger partial charge is 0.345 e. The van der Waals surface area contributed by atoms with E-state index in [1.165, 1.54) is 16.9 Å². The second-order valence-electron chi connectivity index (χ2n) is 7.95. The minimum atomic E-state index is -3.72. The number of nitrogens with zero attached hydrogens (tertiary/aromatic N) is 1. The van der Waals surface area contributed by atoms with Crippen molar-refractivity contribution in [2.75, 3.05) is 11.4 Å². The quantitative estimate of drug-likeness (QED) is 0.637. The van der Waals surface area contributed by atoms with E-state index in [1.54, 1.807) is 48.5 Å². The van der Waals surface area contributed by atoms with Crippen molar-refractivity contribution in [2.24, 2.45) is 0 Å². The number of benzene rings is 3. The van der Waals surface area contributed by atoms with Crippen molar-refractivity contribution < 1.29 is 13.2 Å². The Kier molecular flexibility index (Phi) is 5.83. The van der Waals surface area contributed by atoms with Crippen molar-refractivity contribution in [2.45, 2.75) is 37.1 Å². The predicted molar refractivity (Wildman–Crippen MR) is 123 cm³/mol. The van der Waals surface area contributed by atoms with Gasteiger partial charge < -0.3 is 5.32 Å². The number of sulfonamides is 1. The lowest BCUT2D eigenvalue weighted by Gasteiger charge is -2.26. The summed E-state index contributed by atoms with van der Waals surface area (Å²) in [6, 6.07) is 21.6. The lowest BCUT2D eigenvalue weighted by Crippen LogP contribution is -2.31. The Hall–Kier alpha value is -3.12. The standard InChI is InChI=1S/C25H26N2O3S/c1-18-13-15-22(16-14-18)31(29,30)27(2)21-10-5-9-20(17-21)25(28)26-24-12-6-8-19-7-3-4-11-23(19)24/h3-5,7,9-11,13-17,24H,6,8,12H2,1-2H3,(H,26,28)/t24-/m0/s1. The predicted octanol–water partition coefficient (Wildman–Crippen LogP) is 4.63. The zero-order chi connectivity index (χ0) is 22.0. The van der Waals surface area contributed by atoms with Gasteiger partial charge in [-0.3, -0.25) is 9.10 Å². The van der Waals surface area contributed by atoms with Gasteiger partial charge in [-0.15, -0.1) is 0 Å². The van der Waals surface area contributed by atoms with Gasteiger partial charge in [0, 0.05) is 12.6 Å². The summed E-state index contributed by atoms with van der Waals surface area (Å²) in [6.07, 6.45) is 2.95. The van der Waals surface area contributed by atoms with Gasteiger partial charge in [0.1, 0.15) is 0 Å². The zero-order valence-corrected chi connectivity index (χ0v) is 18.5. The molecule has 0 heterocycles. The van der Waals surface area contributed by atoms with Gasteiger partial charge in [-0.1, -0.05) is 48.0 Å². The van der Waals surface area contributed by atoms with Gasteiger partial charge in [0.15, 0.2) is 0 Å². The third kappa shape index (κ3) is 4.35. The molecule has 160 valence electrons. The second kappa shape index (κ2) is 8.55.